The molecule has 0 saturated carbocycles. The van der Waals surface area contributed by atoms with E-state index in [1.165, 1.54) is 0 Å². The number of carbonyl (C=O) groups is 1. The first-order chi connectivity index (χ1) is 11.8. The molecule has 0 radical (unpaired) electrons. The highest BCUT2D eigenvalue weighted by molar-refractivity contribution is 5.86. The second-order valence-electron chi connectivity index (χ2n) is 6.09. The smallest absolute Gasteiger partial charge is 0.250 e. The summed E-state index contributed by atoms with van der Waals surface area (Å²) >= 11 is 0. The Morgan fingerprint density at radius 2 is 1.89 bits per heavy atom. The molecule has 1 amide bonds. The van der Waals surface area contributed by atoms with Crippen molar-refractivity contribution in [1.29, 1.82) is 0 Å². The minimum atomic E-state index is -0.340. The lowest BCUT2D eigenvalue weighted by Crippen LogP contribution is -2.49. The summed E-state index contributed by atoms with van der Waals surface area (Å²) in [6.07, 6.45) is 4.17. The number of nitrogens with one attached hydrogen (secondary N) is 2. The van der Waals surface area contributed by atoms with Crippen molar-refractivity contribution >= 4 is 49.1 Å². The Labute approximate surface area is 179 Å². The van der Waals surface area contributed by atoms with Crippen molar-refractivity contribution in [3.8, 4) is 0 Å². The molecule has 0 bridgehead atoms. The first-order valence-corrected chi connectivity index (χ1v) is 8.67. The van der Waals surface area contributed by atoms with Gasteiger partial charge in [0.1, 0.15) is 6.10 Å². The number of nitrogens with zero attached hydrogens (tertiary/aromatic N) is 4. The topological polar surface area (TPSA) is 82.6 Å². The van der Waals surface area contributed by atoms with Crippen LogP contribution in [0.1, 0.15) is 6.42 Å². The average Bonchev–Trinajstić information content (AvgIpc) is 2.67. The van der Waals surface area contributed by atoms with Crippen LogP contribution in [0.3, 0.4) is 0 Å². The van der Waals surface area contributed by atoms with Gasteiger partial charge in [-0.2, -0.15) is 0 Å². The Morgan fingerprint density at radius 1 is 1.19 bits per heavy atom. The van der Waals surface area contributed by atoms with Crippen molar-refractivity contribution in [3.05, 3.63) is 18.5 Å². The highest BCUT2D eigenvalue weighted by Gasteiger charge is 2.21. The molecular weight excluding hydrogens is 415 g/mol. The number of aromatic nitrogens is 2. The van der Waals surface area contributed by atoms with Crippen LogP contribution in [0.15, 0.2) is 18.5 Å². The zero-order valence-electron chi connectivity index (χ0n) is 15.2. The third-order valence-electron chi connectivity index (χ3n) is 4.38. The number of hydrogen-bond donors (Lipinski definition) is 2. The second-order valence-corrected chi connectivity index (χ2v) is 6.09. The molecule has 0 spiro atoms. The second kappa shape index (κ2) is 14.1. The molecule has 0 aromatic carbocycles. The number of rotatable bonds is 6. The largest absolute Gasteiger partial charge is 0.366 e. The number of halogens is 3. The van der Waals surface area contributed by atoms with Crippen molar-refractivity contribution in [2.45, 2.75) is 12.5 Å². The summed E-state index contributed by atoms with van der Waals surface area (Å²) < 4.78 is 5.44. The van der Waals surface area contributed by atoms with E-state index >= 15 is 0 Å². The fourth-order valence-electron chi connectivity index (χ4n) is 2.99. The molecule has 2 aliphatic heterocycles. The SMILES string of the molecule is Cl.Cl.Cl.O=C(NCCCN1CCN(c2ncccn2)CC1)C1CNCCO1. The molecule has 8 nitrogen and oxygen atoms in total. The summed E-state index contributed by atoms with van der Waals surface area (Å²) in [7, 11) is 0. The van der Waals surface area contributed by atoms with Crippen molar-refractivity contribution in [2.24, 2.45) is 0 Å². The minimum absolute atomic E-state index is 0. The van der Waals surface area contributed by atoms with Crippen LogP contribution in [-0.2, 0) is 9.53 Å². The Balaban J connectivity index is 0.00000225. The fourth-order valence-corrected chi connectivity index (χ4v) is 2.99. The maximum atomic E-state index is 11.9. The van der Waals surface area contributed by atoms with Crippen molar-refractivity contribution < 1.29 is 9.53 Å². The summed E-state index contributed by atoms with van der Waals surface area (Å²) in [6, 6.07) is 1.84. The van der Waals surface area contributed by atoms with Crippen molar-refractivity contribution in [1.82, 2.24) is 25.5 Å². The molecule has 2 fully saturated rings. The minimum Gasteiger partial charge on any atom is -0.366 e. The zero-order valence-corrected chi connectivity index (χ0v) is 17.7. The number of piperazine rings is 1. The number of anilines is 1. The van der Waals surface area contributed by atoms with E-state index in [2.05, 4.69) is 30.4 Å². The third kappa shape index (κ3) is 8.33. The normalized spacial score (nSPS) is 19.9. The van der Waals surface area contributed by atoms with Gasteiger partial charge in [-0.1, -0.05) is 0 Å². The van der Waals surface area contributed by atoms with Crippen LogP contribution >= 0.6 is 37.2 Å². The van der Waals surface area contributed by atoms with Gasteiger partial charge in [-0.25, -0.2) is 9.97 Å². The van der Waals surface area contributed by atoms with Gasteiger partial charge in [0, 0.05) is 58.2 Å². The molecule has 27 heavy (non-hydrogen) atoms. The standard InChI is InChI=1S/C16H26N6O2.3ClH/c23-15(14-13-17-6-12-24-14)18-5-2-7-21-8-10-22(11-9-21)16-19-3-1-4-20-16;;;/h1,3-4,14,17H,2,5-13H2,(H,18,23);3*1H. The lowest BCUT2D eigenvalue weighted by atomic mass is 10.2. The molecule has 2 aliphatic rings. The van der Waals surface area contributed by atoms with Crippen LogP contribution in [0.25, 0.3) is 0 Å². The molecule has 2 N–H and O–H groups in total. The fraction of sp³-hybridized carbons (Fsp3) is 0.688. The number of amides is 1. The molecule has 3 rings (SSSR count). The molecule has 1 unspecified atom stereocenters. The van der Waals surface area contributed by atoms with E-state index in [0.29, 0.717) is 19.7 Å². The molecular formula is C16H29Cl3N6O2. The van der Waals surface area contributed by atoms with E-state index in [-0.39, 0.29) is 49.2 Å². The summed E-state index contributed by atoms with van der Waals surface area (Å²) in [4.78, 5) is 25.2. The first-order valence-electron chi connectivity index (χ1n) is 8.67. The van der Waals surface area contributed by atoms with Gasteiger partial charge in [0.15, 0.2) is 0 Å². The quantitative estimate of drug-likeness (QED) is 0.614. The van der Waals surface area contributed by atoms with E-state index in [9.17, 15) is 4.79 Å². The van der Waals surface area contributed by atoms with Crippen LogP contribution in [0.4, 0.5) is 5.95 Å². The monoisotopic (exact) mass is 442 g/mol. The van der Waals surface area contributed by atoms with Gasteiger partial charge in [-0.15, -0.1) is 37.2 Å². The van der Waals surface area contributed by atoms with E-state index in [1.807, 2.05) is 6.07 Å². The number of hydrogen-bond acceptors (Lipinski definition) is 7. The maximum absolute atomic E-state index is 11.9. The lowest BCUT2D eigenvalue weighted by Gasteiger charge is -2.34. The zero-order chi connectivity index (χ0) is 16.6. The predicted octanol–water partition coefficient (Wildman–Crippen LogP) is 0.359. The van der Waals surface area contributed by atoms with Crippen molar-refractivity contribution in [3.63, 3.8) is 0 Å². The van der Waals surface area contributed by atoms with Crippen LogP contribution in [-0.4, -0.2) is 85.8 Å². The van der Waals surface area contributed by atoms with Gasteiger partial charge < -0.3 is 20.3 Å². The van der Waals surface area contributed by atoms with Gasteiger partial charge in [-0.3, -0.25) is 9.69 Å². The Bertz CT molecular complexity index is 514. The first kappa shape index (κ1) is 26.1. The van der Waals surface area contributed by atoms with Crippen LogP contribution in [0.5, 0.6) is 0 Å². The van der Waals surface area contributed by atoms with Crippen LogP contribution < -0.4 is 15.5 Å². The summed E-state index contributed by atoms with van der Waals surface area (Å²) in [5.74, 6) is 0.804. The van der Waals surface area contributed by atoms with Gasteiger partial charge in [0.2, 0.25) is 11.9 Å². The molecule has 1 atom stereocenters. The predicted molar refractivity (Wildman–Crippen MR) is 113 cm³/mol. The molecule has 1 aromatic rings. The number of ether oxygens (including phenoxy) is 1. The van der Waals surface area contributed by atoms with Gasteiger partial charge in [0.05, 0.1) is 6.61 Å². The Kier molecular flexibility index (Phi) is 13.7. The lowest BCUT2D eigenvalue weighted by molar-refractivity contribution is -0.134. The van der Waals surface area contributed by atoms with Crippen molar-refractivity contribution in [2.75, 3.05) is 63.9 Å². The van der Waals surface area contributed by atoms with E-state index in [1.54, 1.807) is 12.4 Å². The van der Waals surface area contributed by atoms with Gasteiger partial charge >= 0.3 is 0 Å². The van der Waals surface area contributed by atoms with E-state index < -0.39 is 0 Å². The summed E-state index contributed by atoms with van der Waals surface area (Å²) in [5, 5.41) is 6.13. The van der Waals surface area contributed by atoms with E-state index in [4.69, 9.17) is 4.74 Å². The maximum Gasteiger partial charge on any atom is 0.250 e. The summed E-state index contributed by atoms with van der Waals surface area (Å²) in [6.45, 7) is 7.61. The highest BCUT2D eigenvalue weighted by Crippen LogP contribution is 2.09. The number of morpholine rings is 1. The average molecular weight is 444 g/mol. The molecule has 2 saturated heterocycles. The Hall–Kier alpha value is -0.900. The molecule has 1 aromatic heterocycles. The number of carbonyl (C=O) groups excluding carboxylic acids is 1. The molecule has 156 valence electrons. The highest BCUT2D eigenvalue weighted by atomic mass is 35.5. The Morgan fingerprint density at radius 3 is 2.52 bits per heavy atom. The molecule has 11 heteroatoms. The van der Waals surface area contributed by atoms with Crippen LogP contribution in [0.2, 0.25) is 0 Å². The third-order valence-corrected chi connectivity index (χ3v) is 4.38. The van der Waals surface area contributed by atoms with Gasteiger partial charge in [-0.05, 0) is 19.0 Å². The van der Waals surface area contributed by atoms with Gasteiger partial charge in [0.25, 0.3) is 0 Å². The van der Waals surface area contributed by atoms with E-state index in [0.717, 1.165) is 51.6 Å². The summed E-state index contributed by atoms with van der Waals surface area (Å²) in [5.41, 5.74) is 0. The van der Waals surface area contributed by atoms with Crippen LogP contribution in [0, 0.1) is 0 Å². The molecule has 0 aliphatic carbocycles. The molecule has 3 heterocycles.